The largest absolute Gasteiger partial charge is 0.469 e. The zero-order chi connectivity index (χ0) is 12.5. The van der Waals surface area contributed by atoms with Crippen molar-refractivity contribution < 1.29 is 9.21 Å². The van der Waals surface area contributed by atoms with E-state index in [4.69, 9.17) is 4.42 Å². The molecule has 0 aliphatic heterocycles. The third-order valence-electron chi connectivity index (χ3n) is 3.20. The number of rotatable bonds is 3. The Labute approximate surface area is 105 Å². The number of furan rings is 1. The fourth-order valence-electron chi connectivity index (χ4n) is 2.06. The summed E-state index contributed by atoms with van der Waals surface area (Å²) in [6, 6.07) is 7.52. The molecule has 2 aromatic rings. The van der Waals surface area contributed by atoms with Gasteiger partial charge in [-0.2, -0.15) is 0 Å². The average molecular weight is 242 g/mol. The number of aromatic nitrogens is 1. The monoisotopic (exact) mass is 242 g/mol. The van der Waals surface area contributed by atoms with Crippen molar-refractivity contribution in [2.45, 2.75) is 19.3 Å². The number of anilines is 1. The second-order valence-corrected chi connectivity index (χ2v) is 4.67. The molecule has 2 aromatic heterocycles. The number of hydrogen-bond donors (Lipinski definition) is 1. The molecule has 92 valence electrons. The standard InChI is InChI=1S/C14H14N2O2/c1-9-4-5-13(15-8-9)16-14(17)11-7-10(11)12-3-2-6-18-12/h2-6,8,10-11H,7H2,1H3,(H,15,16,17). The molecule has 1 fully saturated rings. The summed E-state index contributed by atoms with van der Waals surface area (Å²) in [4.78, 5) is 16.1. The molecule has 0 bridgehead atoms. The topological polar surface area (TPSA) is 55.1 Å². The van der Waals surface area contributed by atoms with Crippen LogP contribution < -0.4 is 5.32 Å². The smallest absolute Gasteiger partial charge is 0.229 e. The first-order valence-electron chi connectivity index (χ1n) is 6.01. The van der Waals surface area contributed by atoms with Crippen LogP contribution in [0.15, 0.2) is 41.1 Å². The number of aryl methyl sites for hydroxylation is 1. The molecular formula is C14H14N2O2. The van der Waals surface area contributed by atoms with E-state index in [9.17, 15) is 4.79 Å². The summed E-state index contributed by atoms with van der Waals surface area (Å²) in [6.07, 6.45) is 4.24. The fourth-order valence-corrected chi connectivity index (χ4v) is 2.06. The van der Waals surface area contributed by atoms with E-state index in [0.717, 1.165) is 17.7 Å². The summed E-state index contributed by atoms with van der Waals surface area (Å²) < 4.78 is 5.31. The lowest BCUT2D eigenvalue weighted by molar-refractivity contribution is -0.117. The molecule has 1 saturated carbocycles. The summed E-state index contributed by atoms with van der Waals surface area (Å²) in [5.74, 6) is 1.76. The number of nitrogens with zero attached hydrogens (tertiary/aromatic N) is 1. The summed E-state index contributed by atoms with van der Waals surface area (Å²) in [6.45, 7) is 1.96. The van der Waals surface area contributed by atoms with Crippen LogP contribution in [-0.4, -0.2) is 10.9 Å². The quantitative estimate of drug-likeness (QED) is 0.900. The van der Waals surface area contributed by atoms with E-state index < -0.39 is 0 Å². The Hall–Kier alpha value is -2.10. The highest BCUT2D eigenvalue weighted by Gasteiger charge is 2.45. The molecule has 2 atom stereocenters. The lowest BCUT2D eigenvalue weighted by atomic mass is 10.2. The van der Waals surface area contributed by atoms with E-state index in [2.05, 4.69) is 10.3 Å². The van der Waals surface area contributed by atoms with Gasteiger partial charge in [-0.15, -0.1) is 0 Å². The first-order chi connectivity index (χ1) is 8.74. The molecule has 1 aliphatic rings. The first-order valence-corrected chi connectivity index (χ1v) is 6.01. The van der Waals surface area contributed by atoms with Crippen LogP contribution in [0.1, 0.15) is 23.7 Å². The van der Waals surface area contributed by atoms with Gasteiger partial charge in [0.1, 0.15) is 11.6 Å². The van der Waals surface area contributed by atoms with Gasteiger partial charge in [0.05, 0.1) is 6.26 Å². The molecular weight excluding hydrogens is 228 g/mol. The third kappa shape index (κ3) is 2.14. The van der Waals surface area contributed by atoms with Gasteiger partial charge in [-0.1, -0.05) is 6.07 Å². The molecule has 0 aromatic carbocycles. The Kier molecular flexibility index (Phi) is 2.63. The van der Waals surface area contributed by atoms with Crippen molar-refractivity contribution in [2.75, 3.05) is 5.32 Å². The summed E-state index contributed by atoms with van der Waals surface area (Å²) in [5.41, 5.74) is 1.08. The number of nitrogens with one attached hydrogen (secondary N) is 1. The van der Waals surface area contributed by atoms with Crippen molar-refractivity contribution in [3.8, 4) is 0 Å². The Balaban J connectivity index is 1.62. The van der Waals surface area contributed by atoms with Gasteiger partial charge in [0.25, 0.3) is 0 Å². The minimum atomic E-state index is 0.0132. The van der Waals surface area contributed by atoms with Gasteiger partial charge in [0.2, 0.25) is 5.91 Å². The molecule has 1 aliphatic carbocycles. The van der Waals surface area contributed by atoms with E-state index in [1.54, 1.807) is 12.5 Å². The Bertz CT molecular complexity index is 546. The molecule has 0 spiro atoms. The van der Waals surface area contributed by atoms with Crippen LogP contribution in [-0.2, 0) is 4.79 Å². The van der Waals surface area contributed by atoms with Crippen molar-refractivity contribution >= 4 is 11.7 Å². The Morgan fingerprint density at radius 2 is 2.33 bits per heavy atom. The SMILES string of the molecule is Cc1ccc(NC(=O)C2CC2c2ccco2)nc1. The maximum absolute atomic E-state index is 12.0. The van der Waals surface area contributed by atoms with Crippen molar-refractivity contribution in [1.82, 2.24) is 4.98 Å². The minimum absolute atomic E-state index is 0.0132. The zero-order valence-electron chi connectivity index (χ0n) is 10.1. The predicted molar refractivity (Wildman–Crippen MR) is 67.2 cm³/mol. The van der Waals surface area contributed by atoms with Gasteiger partial charge in [0, 0.05) is 18.0 Å². The number of carbonyl (C=O) groups excluding carboxylic acids is 1. The summed E-state index contributed by atoms with van der Waals surface area (Å²) in [5, 5.41) is 2.83. The van der Waals surface area contributed by atoms with Gasteiger partial charge < -0.3 is 9.73 Å². The second-order valence-electron chi connectivity index (χ2n) is 4.67. The van der Waals surface area contributed by atoms with Gasteiger partial charge in [-0.25, -0.2) is 4.98 Å². The van der Waals surface area contributed by atoms with E-state index in [1.807, 2.05) is 31.2 Å². The lowest BCUT2D eigenvalue weighted by Crippen LogP contribution is -2.15. The molecule has 1 N–H and O–H groups in total. The molecule has 4 heteroatoms. The molecule has 4 nitrogen and oxygen atoms in total. The van der Waals surface area contributed by atoms with E-state index >= 15 is 0 Å². The number of amides is 1. The van der Waals surface area contributed by atoms with Crippen LogP contribution in [0.25, 0.3) is 0 Å². The number of carbonyl (C=O) groups is 1. The molecule has 2 unspecified atom stereocenters. The lowest BCUT2D eigenvalue weighted by Gasteiger charge is -2.03. The molecule has 0 radical (unpaired) electrons. The van der Waals surface area contributed by atoms with Gasteiger partial charge in [-0.05, 0) is 37.1 Å². The normalized spacial score (nSPS) is 21.6. The zero-order valence-corrected chi connectivity index (χ0v) is 10.1. The van der Waals surface area contributed by atoms with Gasteiger partial charge >= 0.3 is 0 Å². The second kappa shape index (κ2) is 4.29. The van der Waals surface area contributed by atoms with Crippen molar-refractivity contribution in [2.24, 2.45) is 5.92 Å². The molecule has 3 rings (SSSR count). The Morgan fingerprint density at radius 1 is 1.44 bits per heavy atom. The summed E-state index contributed by atoms with van der Waals surface area (Å²) in [7, 11) is 0. The highest BCUT2D eigenvalue weighted by Crippen LogP contribution is 2.48. The molecule has 2 heterocycles. The van der Waals surface area contributed by atoms with Crippen LogP contribution in [0.4, 0.5) is 5.82 Å². The minimum Gasteiger partial charge on any atom is -0.469 e. The van der Waals surface area contributed by atoms with Crippen LogP contribution in [0.5, 0.6) is 0 Å². The number of pyridine rings is 1. The van der Waals surface area contributed by atoms with Crippen molar-refractivity contribution in [3.63, 3.8) is 0 Å². The van der Waals surface area contributed by atoms with Crippen LogP contribution in [0, 0.1) is 12.8 Å². The maximum Gasteiger partial charge on any atom is 0.229 e. The van der Waals surface area contributed by atoms with E-state index in [-0.39, 0.29) is 17.7 Å². The fraction of sp³-hybridized carbons (Fsp3) is 0.286. The molecule has 18 heavy (non-hydrogen) atoms. The highest BCUT2D eigenvalue weighted by atomic mass is 16.3. The van der Waals surface area contributed by atoms with E-state index in [1.165, 1.54) is 0 Å². The maximum atomic E-state index is 12.0. The van der Waals surface area contributed by atoms with Gasteiger partial charge in [0.15, 0.2) is 0 Å². The Morgan fingerprint density at radius 3 is 3.00 bits per heavy atom. The average Bonchev–Trinajstić information content (AvgIpc) is 2.99. The van der Waals surface area contributed by atoms with Crippen LogP contribution in [0.2, 0.25) is 0 Å². The predicted octanol–water partition coefficient (Wildman–Crippen LogP) is 2.73. The first kappa shape index (κ1) is 11.0. The molecule has 0 saturated heterocycles. The number of hydrogen-bond acceptors (Lipinski definition) is 3. The van der Waals surface area contributed by atoms with E-state index in [0.29, 0.717) is 5.82 Å². The summed E-state index contributed by atoms with van der Waals surface area (Å²) >= 11 is 0. The van der Waals surface area contributed by atoms with Crippen molar-refractivity contribution in [3.05, 3.63) is 48.0 Å². The van der Waals surface area contributed by atoms with Crippen LogP contribution >= 0.6 is 0 Å². The van der Waals surface area contributed by atoms with Crippen molar-refractivity contribution in [1.29, 1.82) is 0 Å². The van der Waals surface area contributed by atoms with Crippen LogP contribution in [0.3, 0.4) is 0 Å². The molecule has 1 amide bonds. The highest BCUT2D eigenvalue weighted by molar-refractivity contribution is 5.94. The van der Waals surface area contributed by atoms with Gasteiger partial charge in [-0.3, -0.25) is 4.79 Å². The third-order valence-corrected chi connectivity index (χ3v) is 3.20.